The van der Waals surface area contributed by atoms with E-state index in [4.69, 9.17) is 10.5 Å². The molecule has 0 radical (unpaired) electrons. The van der Waals surface area contributed by atoms with Gasteiger partial charge < -0.3 is 10.5 Å². The van der Waals surface area contributed by atoms with E-state index in [0.717, 1.165) is 31.7 Å². The summed E-state index contributed by atoms with van der Waals surface area (Å²) in [5, 5.41) is 0. The molecule has 96 valence electrons. The first kappa shape index (κ1) is 14.0. The van der Waals surface area contributed by atoms with Crippen molar-refractivity contribution in [3.05, 3.63) is 28.8 Å². The molecule has 2 N–H and O–H groups in total. The third-order valence-electron chi connectivity index (χ3n) is 3.22. The molecule has 1 aromatic rings. The summed E-state index contributed by atoms with van der Waals surface area (Å²) in [7, 11) is 0. The van der Waals surface area contributed by atoms with Crippen LogP contribution in [-0.2, 0) is 0 Å². The van der Waals surface area contributed by atoms with Crippen molar-refractivity contribution in [2.75, 3.05) is 13.2 Å². The van der Waals surface area contributed by atoms with Crippen LogP contribution in [0.15, 0.2) is 12.1 Å². The Balaban J connectivity index is 2.39. The van der Waals surface area contributed by atoms with Gasteiger partial charge in [-0.25, -0.2) is 0 Å². The summed E-state index contributed by atoms with van der Waals surface area (Å²) >= 11 is 0. The average Bonchev–Trinajstić information content (AvgIpc) is 2.32. The number of benzene rings is 1. The predicted octanol–water partition coefficient (Wildman–Crippen LogP) is 3.51. The van der Waals surface area contributed by atoms with Crippen molar-refractivity contribution < 1.29 is 4.74 Å². The Morgan fingerprint density at radius 3 is 2.29 bits per heavy atom. The van der Waals surface area contributed by atoms with Gasteiger partial charge in [0.1, 0.15) is 5.75 Å². The van der Waals surface area contributed by atoms with Crippen LogP contribution in [0.1, 0.15) is 42.4 Å². The molecular weight excluding hydrogens is 210 g/mol. The molecule has 17 heavy (non-hydrogen) atoms. The van der Waals surface area contributed by atoms with Gasteiger partial charge in [0.15, 0.2) is 0 Å². The Kier molecular flexibility index (Phi) is 6.06. The molecule has 0 heterocycles. The molecule has 0 bridgehead atoms. The molecule has 0 saturated heterocycles. The van der Waals surface area contributed by atoms with E-state index in [0.29, 0.717) is 0 Å². The van der Waals surface area contributed by atoms with E-state index in [1.54, 1.807) is 0 Å². The SMILES string of the molecule is Cc1ccc(C)c(OCCCCCCN)c1C. The van der Waals surface area contributed by atoms with Crippen LogP contribution >= 0.6 is 0 Å². The van der Waals surface area contributed by atoms with Gasteiger partial charge in [-0.3, -0.25) is 0 Å². The van der Waals surface area contributed by atoms with Crippen molar-refractivity contribution in [2.45, 2.75) is 46.5 Å². The molecule has 1 rings (SSSR count). The first-order valence-electron chi connectivity index (χ1n) is 6.56. The molecule has 0 spiro atoms. The Morgan fingerprint density at radius 1 is 0.941 bits per heavy atom. The molecule has 1 aromatic carbocycles. The summed E-state index contributed by atoms with van der Waals surface area (Å²) in [6.07, 6.45) is 4.67. The summed E-state index contributed by atoms with van der Waals surface area (Å²) in [6, 6.07) is 4.28. The van der Waals surface area contributed by atoms with Crippen LogP contribution in [0.3, 0.4) is 0 Å². The molecule has 0 amide bonds. The molecule has 0 atom stereocenters. The minimum Gasteiger partial charge on any atom is -0.493 e. The molecule has 0 aromatic heterocycles. The number of aryl methyl sites for hydroxylation is 2. The highest BCUT2D eigenvalue weighted by Gasteiger charge is 2.05. The van der Waals surface area contributed by atoms with Crippen molar-refractivity contribution >= 4 is 0 Å². The van der Waals surface area contributed by atoms with Gasteiger partial charge >= 0.3 is 0 Å². The topological polar surface area (TPSA) is 35.2 Å². The fraction of sp³-hybridized carbons (Fsp3) is 0.600. The zero-order valence-corrected chi connectivity index (χ0v) is 11.4. The van der Waals surface area contributed by atoms with E-state index < -0.39 is 0 Å². The van der Waals surface area contributed by atoms with Crippen molar-refractivity contribution in [3.8, 4) is 5.75 Å². The maximum atomic E-state index is 5.90. The third kappa shape index (κ3) is 4.39. The summed E-state index contributed by atoms with van der Waals surface area (Å²) in [5.74, 6) is 1.07. The van der Waals surface area contributed by atoms with Gasteiger partial charge in [-0.1, -0.05) is 25.0 Å². The monoisotopic (exact) mass is 235 g/mol. The maximum absolute atomic E-state index is 5.90. The van der Waals surface area contributed by atoms with Crippen molar-refractivity contribution in [2.24, 2.45) is 5.73 Å². The van der Waals surface area contributed by atoms with E-state index in [9.17, 15) is 0 Å². The highest BCUT2D eigenvalue weighted by atomic mass is 16.5. The first-order valence-corrected chi connectivity index (χ1v) is 6.56. The maximum Gasteiger partial charge on any atom is 0.125 e. The van der Waals surface area contributed by atoms with Crippen LogP contribution in [0, 0.1) is 20.8 Å². The highest BCUT2D eigenvalue weighted by molar-refractivity contribution is 5.44. The molecule has 0 unspecified atom stereocenters. The van der Waals surface area contributed by atoms with Gasteiger partial charge in [0, 0.05) is 0 Å². The van der Waals surface area contributed by atoms with Crippen molar-refractivity contribution in [1.82, 2.24) is 0 Å². The van der Waals surface area contributed by atoms with E-state index in [2.05, 4.69) is 32.9 Å². The molecule has 0 aliphatic heterocycles. The smallest absolute Gasteiger partial charge is 0.125 e. The lowest BCUT2D eigenvalue weighted by molar-refractivity contribution is 0.301. The summed E-state index contributed by atoms with van der Waals surface area (Å²) < 4.78 is 5.90. The van der Waals surface area contributed by atoms with Crippen LogP contribution in [0.5, 0.6) is 5.75 Å². The summed E-state index contributed by atoms with van der Waals surface area (Å²) in [6.45, 7) is 7.98. The number of hydrogen-bond acceptors (Lipinski definition) is 2. The summed E-state index contributed by atoms with van der Waals surface area (Å²) in [4.78, 5) is 0. The highest BCUT2D eigenvalue weighted by Crippen LogP contribution is 2.25. The molecule has 0 aliphatic rings. The van der Waals surface area contributed by atoms with Crippen LogP contribution in [-0.4, -0.2) is 13.2 Å². The second-order valence-electron chi connectivity index (χ2n) is 4.70. The van der Waals surface area contributed by atoms with Crippen molar-refractivity contribution in [1.29, 1.82) is 0 Å². The van der Waals surface area contributed by atoms with Crippen LogP contribution in [0.25, 0.3) is 0 Å². The van der Waals surface area contributed by atoms with Crippen LogP contribution in [0.4, 0.5) is 0 Å². The number of hydrogen-bond donors (Lipinski definition) is 1. The average molecular weight is 235 g/mol. The number of nitrogens with two attached hydrogens (primary N) is 1. The first-order chi connectivity index (χ1) is 8.16. The standard InChI is InChI=1S/C15H25NO/c1-12-8-9-13(2)15(14(12)3)17-11-7-5-4-6-10-16/h8-9H,4-7,10-11,16H2,1-3H3. The summed E-state index contributed by atoms with van der Waals surface area (Å²) in [5.41, 5.74) is 9.26. The quantitative estimate of drug-likeness (QED) is 0.734. The fourth-order valence-corrected chi connectivity index (χ4v) is 1.92. The molecule has 0 saturated carbocycles. The van der Waals surface area contributed by atoms with Gasteiger partial charge in [0.05, 0.1) is 6.61 Å². The van der Waals surface area contributed by atoms with E-state index in [1.165, 1.54) is 29.5 Å². The Labute approximate surface area is 105 Å². The minimum absolute atomic E-state index is 0.803. The Bertz CT molecular complexity index is 347. The van der Waals surface area contributed by atoms with Crippen LogP contribution in [0.2, 0.25) is 0 Å². The second-order valence-corrected chi connectivity index (χ2v) is 4.70. The zero-order chi connectivity index (χ0) is 12.7. The van der Waals surface area contributed by atoms with E-state index >= 15 is 0 Å². The molecule has 2 nitrogen and oxygen atoms in total. The fourth-order valence-electron chi connectivity index (χ4n) is 1.92. The predicted molar refractivity (Wildman–Crippen MR) is 73.7 cm³/mol. The van der Waals surface area contributed by atoms with E-state index in [1.807, 2.05) is 0 Å². The van der Waals surface area contributed by atoms with Gasteiger partial charge in [-0.2, -0.15) is 0 Å². The van der Waals surface area contributed by atoms with Gasteiger partial charge in [-0.15, -0.1) is 0 Å². The Morgan fingerprint density at radius 2 is 1.59 bits per heavy atom. The molecule has 0 aliphatic carbocycles. The van der Waals surface area contributed by atoms with E-state index in [-0.39, 0.29) is 0 Å². The second kappa shape index (κ2) is 7.33. The normalized spacial score (nSPS) is 10.6. The van der Waals surface area contributed by atoms with Gasteiger partial charge in [-0.05, 0) is 56.8 Å². The lowest BCUT2D eigenvalue weighted by Crippen LogP contribution is -2.02. The molecule has 2 heteroatoms. The Hall–Kier alpha value is -1.02. The molecular formula is C15H25NO. The van der Waals surface area contributed by atoms with Crippen molar-refractivity contribution in [3.63, 3.8) is 0 Å². The number of rotatable bonds is 7. The lowest BCUT2D eigenvalue weighted by atomic mass is 10.1. The minimum atomic E-state index is 0.803. The van der Waals surface area contributed by atoms with Gasteiger partial charge in [0.2, 0.25) is 0 Å². The largest absolute Gasteiger partial charge is 0.493 e. The molecule has 0 fully saturated rings. The van der Waals surface area contributed by atoms with Gasteiger partial charge in [0.25, 0.3) is 0 Å². The number of ether oxygens (including phenoxy) is 1. The van der Waals surface area contributed by atoms with Crippen LogP contribution < -0.4 is 10.5 Å². The number of unbranched alkanes of at least 4 members (excludes halogenated alkanes) is 3. The zero-order valence-electron chi connectivity index (χ0n) is 11.4. The lowest BCUT2D eigenvalue weighted by Gasteiger charge is -2.13. The third-order valence-corrected chi connectivity index (χ3v) is 3.22.